The van der Waals surface area contributed by atoms with E-state index >= 15 is 0 Å². The van der Waals surface area contributed by atoms with Gasteiger partial charge < -0.3 is 15.0 Å². The second kappa shape index (κ2) is 6.53. The van der Waals surface area contributed by atoms with Gasteiger partial charge in [-0.1, -0.05) is 24.3 Å². The third-order valence-electron chi connectivity index (χ3n) is 4.74. The first-order chi connectivity index (χ1) is 11.7. The Bertz CT molecular complexity index is 745. The lowest BCUT2D eigenvalue weighted by molar-refractivity contribution is 0.0109. The molecule has 1 aromatic carbocycles. The van der Waals surface area contributed by atoms with E-state index in [1.807, 2.05) is 23.3 Å². The van der Waals surface area contributed by atoms with Gasteiger partial charge in [-0.15, -0.1) is 11.3 Å². The number of ether oxygens (including phenoxy) is 1. The molecule has 2 atom stereocenters. The maximum atomic E-state index is 12.9. The summed E-state index contributed by atoms with van der Waals surface area (Å²) in [5.74, 6) is 0. The molecule has 2 aliphatic rings. The lowest BCUT2D eigenvalue weighted by atomic mass is 10.1. The molecule has 2 amide bonds. The summed E-state index contributed by atoms with van der Waals surface area (Å²) in [5, 5.41) is 6.19. The Kier molecular flexibility index (Phi) is 4.24. The van der Waals surface area contributed by atoms with Gasteiger partial charge in [0.05, 0.1) is 19.3 Å². The van der Waals surface area contributed by atoms with Gasteiger partial charge in [0, 0.05) is 17.6 Å². The number of fused-ring (bicyclic) bond motifs is 1. The number of carbonyl (C=O) groups excluding carboxylic acids is 1. The first-order valence-corrected chi connectivity index (χ1v) is 9.25. The minimum absolute atomic E-state index is 0.0159. The Labute approximate surface area is 145 Å². The lowest BCUT2D eigenvalue weighted by Crippen LogP contribution is -2.48. The van der Waals surface area contributed by atoms with Crippen LogP contribution in [0.1, 0.15) is 40.3 Å². The zero-order valence-corrected chi connectivity index (χ0v) is 14.5. The van der Waals surface area contributed by atoms with E-state index in [0.717, 1.165) is 23.5 Å². The molecule has 0 bridgehead atoms. The normalized spacial score (nSPS) is 23.1. The summed E-state index contributed by atoms with van der Waals surface area (Å²) in [5.41, 5.74) is 3.59. The van der Waals surface area contributed by atoms with E-state index in [1.54, 1.807) is 11.3 Å². The van der Waals surface area contributed by atoms with Crippen molar-refractivity contribution in [2.45, 2.75) is 31.8 Å². The van der Waals surface area contributed by atoms with Crippen LogP contribution in [0.5, 0.6) is 0 Å². The number of rotatable bonds is 2. The number of amides is 2. The molecule has 4 rings (SSSR count). The van der Waals surface area contributed by atoms with Crippen LogP contribution in [0.3, 0.4) is 0 Å². The SMILES string of the molecule is Cc1csc([C@H]2COCCN2C(=O)N[C@@H]2CCc3ccccc32)n1. The van der Waals surface area contributed by atoms with E-state index in [9.17, 15) is 4.79 Å². The predicted molar refractivity (Wildman–Crippen MR) is 93.2 cm³/mol. The highest BCUT2D eigenvalue weighted by Crippen LogP contribution is 2.32. The Balaban J connectivity index is 1.50. The van der Waals surface area contributed by atoms with Crippen molar-refractivity contribution >= 4 is 17.4 Å². The van der Waals surface area contributed by atoms with Crippen molar-refractivity contribution in [3.05, 3.63) is 51.5 Å². The Morgan fingerprint density at radius 1 is 1.42 bits per heavy atom. The van der Waals surface area contributed by atoms with Gasteiger partial charge in [-0.3, -0.25) is 0 Å². The van der Waals surface area contributed by atoms with Crippen LogP contribution in [0.25, 0.3) is 0 Å². The fourth-order valence-corrected chi connectivity index (χ4v) is 4.41. The predicted octanol–water partition coefficient (Wildman–Crippen LogP) is 3.22. The molecule has 0 saturated carbocycles. The molecule has 126 valence electrons. The van der Waals surface area contributed by atoms with Crippen LogP contribution < -0.4 is 5.32 Å². The van der Waals surface area contributed by atoms with Crippen molar-refractivity contribution in [1.82, 2.24) is 15.2 Å². The molecule has 24 heavy (non-hydrogen) atoms. The molecule has 5 nitrogen and oxygen atoms in total. The molecule has 1 aromatic heterocycles. The summed E-state index contributed by atoms with van der Waals surface area (Å²) in [7, 11) is 0. The molecular formula is C18H21N3O2S. The standard InChI is InChI=1S/C18H21N3O2S/c1-12-11-24-17(19-12)16-10-23-9-8-21(16)18(22)20-15-7-6-13-4-2-3-5-14(13)15/h2-5,11,15-16H,6-10H2,1H3,(H,20,22)/t15-,16-/m1/s1. The number of morpholine rings is 1. The number of hydrogen-bond donors (Lipinski definition) is 1. The molecule has 0 unspecified atom stereocenters. The van der Waals surface area contributed by atoms with Gasteiger partial charge in [0.2, 0.25) is 0 Å². The van der Waals surface area contributed by atoms with Gasteiger partial charge in [0.15, 0.2) is 0 Å². The van der Waals surface area contributed by atoms with Crippen molar-refractivity contribution in [2.24, 2.45) is 0 Å². The highest BCUT2D eigenvalue weighted by atomic mass is 32.1. The number of urea groups is 1. The fraction of sp³-hybridized carbons (Fsp3) is 0.444. The molecule has 2 heterocycles. The quantitative estimate of drug-likeness (QED) is 0.911. The van der Waals surface area contributed by atoms with Gasteiger partial charge in [0.1, 0.15) is 11.0 Å². The number of aryl methyl sites for hydroxylation is 2. The van der Waals surface area contributed by atoms with Crippen LogP contribution in [0, 0.1) is 6.92 Å². The number of aromatic nitrogens is 1. The highest BCUT2D eigenvalue weighted by molar-refractivity contribution is 7.09. The molecule has 2 aromatic rings. The summed E-state index contributed by atoms with van der Waals surface area (Å²) in [6.07, 6.45) is 2.00. The Morgan fingerprint density at radius 2 is 2.29 bits per heavy atom. The maximum Gasteiger partial charge on any atom is 0.318 e. The number of nitrogens with zero attached hydrogens (tertiary/aromatic N) is 2. The molecule has 0 radical (unpaired) electrons. The summed E-state index contributed by atoms with van der Waals surface area (Å²) in [6.45, 7) is 3.67. The second-order valence-electron chi connectivity index (χ2n) is 6.35. The third-order valence-corrected chi connectivity index (χ3v) is 5.81. The van der Waals surface area contributed by atoms with Crippen molar-refractivity contribution in [3.63, 3.8) is 0 Å². The van der Waals surface area contributed by atoms with E-state index in [-0.39, 0.29) is 18.1 Å². The lowest BCUT2D eigenvalue weighted by Gasteiger charge is -2.35. The molecule has 1 fully saturated rings. The van der Waals surface area contributed by atoms with Crippen LogP contribution in [-0.4, -0.2) is 35.7 Å². The largest absolute Gasteiger partial charge is 0.377 e. The maximum absolute atomic E-state index is 12.9. The van der Waals surface area contributed by atoms with Gasteiger partial charge in [0.25, 0.3) is 0 Å². The number of carbonyl (C=O) groups is 1. The van der Waals surface area contributed by atoms with Crippen LogP contribution in [0.2, 0.25) is 0 Å². The van der Waals surface area contributed by atoms with Gasteiger partial charge >= 0.3 is 6.03 Å². The Morgan fingerprint density at radius 3 is 3.12 bits per heavy atom. The minimum Gasteiger partial charge on any atom is -0.377 e. The van der Waals surface area contributed by atoms with E-state index in [1.165, 1.54) is 11.1 Å². The number of hydrogen-bond acceptors (Lipinski definition) is 4. The van der Waals surface area contributed by atoms with Gasteiger partial charge in [-0.05, 0) is 30.9 Å². The summed E-state index contributed by atoms with van der Waals surface area (Å²) < 4.78 is 5.60. The monoisotopic (exact) mass is 343 g/mol. The van der Waals surface area contributed by atoms with Crippen LogP contribution in [0.4, 0.5) is 4.79 Å². The molecule has 1 saturated heterocycles. The van der Waals surface area contributed by atoms with E-state index in [4.69, 9.17) is 4.74 Å². The van der Waals surface area contributed by atoms with Crippen molar-refractivity contribution < 1.29 is 9.53 Å². The first kappa shape index (κ1) is 15.6. The van der Waals surface area contributed by atoms with Crippen LogP contribution in [0.15, 0.2) is 29.6 Å². The third kappa shape index (κ3) is 2.91. The van der Waals surface area contributed by atoms with E-state index in [2.05, 4.69) is 28.5 Å². The summed E-state index contributed by atoms with van der Waals surface area (Å²) in [4.78, 5) is 19.3. The number of thiazole rings is 1. The van der Waals surface area contributed by atoms with E-state index in [0.29, 0.717) is 19.8 Å². The van der Waals surface area contributed by atoms with Crippen LogP contribution >= 0.6 is 11.3 Å². The Hall–Kier alpha value is -1.92. The molecule has 1 N–H and O–H groups in total. The van der Waals surface area contributed by atoms with Gasteiger partial charge in [-0.25, -0.2) is 9.78 Å². The topological polar surface area (TPSA) is 54.5 Å². The van der Waals surface area contributed by atoms with Crippen molar-refractivity contribution in [3.8, 4) is 0 Å². The molecule has 1 aliphatic heterocycles. The molecule has 1 aliphatic carbocycles. The summed E-state index contributed by atoms with van der Waals surface area (Å²) >= 11 is 1.60. The average molecular weight is 343 g/mol. The fourth-order valence-electron chi connectivity index (χ4n) is 3.52. The highest BCUT2D eigenvalue weighted by Gasteiger charge is 2.33. The number of benzene rings is 1. The second-order valence-corrected chi connectivity index (χ2v) is 7.24. The molecular weight excluding hydrogens is 322 g/mol. The molecule has 6 heteroatoms. The molecule has 0 spiro atoms. The first-order valence-electron chi connectivity index (χ1n) is 8.37. The smallest absolute Gasteiger partial charge is 0.318 e. The van der Waals surface area contributed by atoms with E-state index < -0.39 is 0 Å². The zero-order valence-electron chi connectivity index (χ0n) is 13.7. The minimum atomic E-state index is -0.0888. The number of nitrogens with one attached hydrogen (secondary N) is 1. The zero-order chi connectivity index (χ0) is 16.5. The van der Waals surface area contributed by atoms with Crippen LogP contribution in [-0.2, 0) is 11.2 Å². The summed E-state index contributed by atoms with van der Waals surface area (Å²) in [6, 6.07) is 8.37. The average Bonchev–Trinajstić information content (AvgIpc) is 3.22. The van der Waals surface area contributed by atoms with Crippen molar-refractivity contribution in [1.29, 1.82) is 0 Å². The van der Waals surface area contributed by atoms with Gasteiger partial charge in [-0.2, -0.15) is 0 Å². The van der Waals surface area contributed by atoms with Crippen molar-refractivity contribution in [2.75, 3.05) is 19.8 Å².